The van der Waals surface area contributed by atoms with Gasteiger partial charge in [-0.2, -0.15) is 4.98 Å². The van der Waals surface area contributed by atoms with E-state index >= 15 is 0 Å². The summed E-state index contributed by atoms with van der Waals surface area (Å²) in [6, 6.07) is 0. The number of carbonyl (C=O) groups excluding carboxylic acids is 2. The highest BCUT2D eigenvalue weighted by molar-refractivity contribution is 7.16. The van der Waals surface area contributed by atoms with Gasteiger partial charge in [0.15, 0.2) is 11.9 Å². The summed E-state index contributed by atoms with van der Waals surface area (Å²) >= 11 is 0.922. The number of fused-ring (bicyclic) bond motifs is 1. The smallest absolute Gasteiger partial charge is 0.311 e. The largest absolute Gasteiger partial charge is 0.463 e. The Balaban J connectivity index is 2.02. The maximum atomic E-state index is 12.7. The number of nitrogens with two attached hydrogens (primary N) is 1. The van der Waals surface area contributed by atoms with Crippen LogP contribution in [0.3, 0.4) is 0 Å². The van der Waals surface area contributed by atoms with Crippen molar-refractivity contribution in [1.82, 2.24) is 14.5 Å². The Labute approximate surface area is 163 Å². The van der Waals surface area contributed by atoms with Crippen molar-refractivity contribution in [3.05, 3.63) is 15.4 Å². The van der Waals surface area contributed by atoms with Crippen LogP contribution in [0.25, 0.3) is 10.3 Å². The van der Waals surface area contributed by atoms with E-state index in [-0.39, 0.29) is 36.1 Å². The SMILES string of the molecule is COCc1nc(N)nc2c1sc(=O)n2[C@@H]1O[C@H](COC(C)=O)C[C@H]1OC(C)=O. The highest BCUT2D eigenvalue weighted by Crippen LogP contribution is 2.34. The van der Waals surface area contributed by atoms with Crippen LogP contribution in [0, 0.1) is 0 Å². The predicted octanol–water partition coefficient (Wildman–Crippen LogP) is 0.364. The maximum absolute atomic E-state index is 12.7. The van der Waals surface area contributed by atoms with Gasteiger partial charge in [0.25, 0.3) is 0 Å². The number of hydrogen-bond donors (Lipinski definition) is 1. The number of rotatable bonds is 6. The molecule has 0 spiro atoms. The Morgan fingerprint density at radius 2 is 2.07 bits per heavy atom. The fourth-order valence-corrected chi connectivity index (χ4v) is 3.95. The number of esters is 2. The maximum Gasteiger partial charge on any atom is 0.311 e. The van der Waals surface area contributed by atoms with E-state index in [9.17, 15) is 14.4 Å². The van der Waals surface area contributed by atoms with Crippen molar-refractivity contribution in [3.8, 4) is 0 Å². The quantitative estimate of drug-likeness (QED) is 0.660. The van der Waals surface area contributed by atoms with Gasteiger partial charge in [-0.3, -0.25) is 19.0 Å². The molecule has 3 atom stereocenters. The standard InChI is InChI=1S/C16H20N4O7S/c1-7(21)25-5-9-4-11(26-8(2)22)14(27-9)20-13-12(28-16(20)23)10(6-24-3)18-15(17)19-13/h9,11,14H,4-6H2,1-3H3,(H2,17,18,19)/t9-,11+,14+/m0/s1. The first-order chi connectivity index (χ1) is 13.3. The van der Waals surface area contributed by atoms with Crippen LogP contribution >= 0.6 is 11.3 Å². The summed E-state index contributed by atoms with van der Waals surface area (Å²) in [5.41, 5.74) is 6.53. The van der Waals surface area contributed by atoms with Gasteiger partial charge >= 0.3 is 16.8 Å². The molecule has 1 fully saturated rings. The molecule has 2 N–H and O–H groups in total. The van der Waals surface area contributed by atoms with Gasteiger partial charge < -0.3 is 24.7 Å². The van der Waals surface area contributed by atoms with Crippen LogP contribution in [-0.2, 0) is 35.1 Å². The molecule has 1 aliphatic rings. The molecule has 2 aromatic rings. The van der Waals surface area contributed by atoms with E-state index in [1.54, 1.807) is 0 Å². The van der Waals surface area contributed by atoms with E-state index in [0.29, 0.717) is 10.4 Å². The topological polar surface area (TPSA) is 145 Å². The minimum absolute atomic E-state index is 0.0214. The second kappa shape index (κ2) is 8.20. The first-order valence-corrected chi connectivity index (χ1v) is 9.24. The Morgan fingerprint density at radius 1 is 1.32 bits per heavy atom. The fourth-order valence-electron chi connectivity index (χ4n) is 3.03. The summed E-state index contributed by atoms with van der Waals surface area (Å²) in [7, 11) is 1.50. The molecule has 0 unspecified atom stereocenters. The molecular formula is C16H20N4O7S. The molecule has 152 valence electrons. The lowest BCUT2D eigenvalue weighted by atomic mass is 10.2. The molecule has 12 heteroatoms. The average molecular weight is 412 g/mol. The third-order valence-electron chi connectivity index (χ3n) is 4.02. The number of methoxy groups -OCH3 is 1. The molecule has 1 saturated heterocycles. The van der Waals surface area contributed by atoms with Gasteiger partial charge in [0.2, 0.25) is 5.95 Å². The van der Waals surface area contributed by atoms with Gasteiger partial charge in [-0.05, 0) is 0 Å². The van der Waals surface area contributed by atoms with Crippen LogP contribution in [0.2, 0.25) is 0 Å². The third-order valence-corrected chi connectivity index (χ3v) is 5.01. The summed E-state index contributed by atoms with van der Waals surface area (Å²) in [5, 5.41) is 0. The van der Waals surface area contributed by atoms with E-state index in [4.69, 9.17) is 24.7 Å². The number of thiazole rings is 1. The monoisotopic (exact) mass is 412 g/mol. The van der Waals surface area contributed by atoms with E-state index in [1.807, 2.05) is 0 Å². The number of carbonyl (C=O) groups is 2. The summed E-state index contributed by atoms with van der Waals surface area (Å²) in [6.45, 7) is 2.68. The molecule has 0 bridgehead atoms. The minimum Gasteiger partial charge on any atom is -0.463 e. The van der Waals surface area contributed by atoms with Crippen molar-refractivity contribution in [2.24, 2.45) is 0 Å². The zero-order chi connectivity index (χ0) is 20.4. The molecule has 11 nitrogen and oxygen atoms in total. The Kier molecular flexibility index (Phi) is 5.91. The van der Waals surface area contributed by atoms with E-state index < -0.39 is 30.4 Å². The molecule has 3 rings (SSSR count). The van der Waals surface area contributed by atoms with Crippen molar-refractivity contribution < 1.29 is 28.5 Å². The van der Waals surface area contributed by atoms with E-state index in [1.165, 1.54) is 25.5 Å². The van der Waals surface area contributed by atoms with Crippen molar-refractivity contribution in [2.45, 2.75) is 45.3 Å². The van der Waals surface area contributed by atoms with Crippen LogP contribution in [0.5, 0.6) is 0 Å². The molecule has 0 saturated carbocycles. The lowest BCUT2D eigenvalue weighted by molar-refractivity contribution is -0.152. The van der Waals surface area contributed by atoms with Crippen LogP contribution in [0.1, 0.15) is 32.2 Å². The lowest BCUT2D eigenvalue weighted by Crippen LogP contribution is -2.30. The molecule has 1 aliphatic heterocycles. The van der Waals surface area contributed by atoms with Crippen LogP contribution in [0.15, 0.2) is 4.79 Å². The fraction of sp³-hybridized carbons (Fsp3) is 0.562. The second-order valence-electron chi connectivity index (χ2n) is 6.19. The number of nitrogens with zero attached hydrogens (tertiary/aromatic N) is 3. The van der Waals surface area contributed by atoms with Crippen LogP contribution < -0.4 is 10.6 Å². The van der Waals surface area contributed by atoms with Gasteiger partial charge in [0.1, 0.15) is 12.7 Å². The minimum atomic E-state index is -0.935. The summed E-state index contributed by atoms with van der Waals surface area (Å²) < 4.78 is 23.1. The van der Waals surface area contributed by atoms with Gasteiger partial charge in [0, 0.05) is 27.4 Å². The van der Waals surface area contributed by atoms with Gasteiger partial charge in [-0.25, -0.2) is 4.98 Å². The number of hydrogen-bond acceptors (Lipinski definition) is 11. The Morgan fingerprint density at radius 3 is 2.71 bits per heavy atom. The lowest BCUT2D eigenvalue weighted by Gasteiger charge is -2.19. The molecular weight excluding hydrogens is 392 g/mol. The van der Waals surface area contributed by atoms with Crippen molar-refractivity contribution in [1.29, 1.82) is 0 Å². The number of nitrogen functional groups attached to an aromatic ring is 1. The first kappa shape index (κ1) is 20.2. The second-order valence-corrected chi connectivity index (χ2v) is 7.15. The van der Waals surface area contributed by atoms with Crippen molar-refractivity contribution in [3.63, 3.8) is 0 Å². The molecule has 28 heavy (non-hydrogen) atoms. The molecule has 0 aromatic carbocycles. The van der Waals surface area contributed by atoms with Gasteiger partial charge in [0.05, 0.1) is 23.1 Å². The van der Waals surface area contributed by atoms with E-state index in [2.05, 4.69) is 9.97 Å². The molecule has 0 radical (unpaired) electrons. The van der Waals surface area contributed by atoms with E-state index in [0.717, 1.165) is 11.3 Å². The third kappa shape index (κ3) is 4.13. The molecule has 0 aliphatic carbocycles. The van der Waals surface area contributed by atoms with Crippen LogP contribution in [-0.4, -0.2) is 52.4 Å². The highest BCUT2D eigenvalue weighted by Gasteiger charge is 2.41. The summed E-state index contributed by atoms with van der Waals surface area (Å²) in [6.07, 6.45) is -1.98. The number of anilines is 1. The molecule has 2 aromatic heterocycles. The first-order valence-electron chi connectivity index (χ1n) is 8.42. The Bertz CT molecular complexity index is 956. The zero-order valence-electron chi connectivity index (χ0n) is 15.5. The van der Waals surface area contributed by atoms with Gasteiger partial charge in [-0.15, -0.1) is 0 Å². The summed E-state index contributed by atoms with van der Waals surface area (Å²) in [5.74, 6) is -1.00. The number of ether oxygens (including phenoxy) is 4. The highest BCUT2D eigenvalue weighted by atomic mass is 32.1. The van der Waals surface area contributed by atoms with Crippen molar-refractivity contribution >= 4 is 39.6 Å². The van der Waals surface area contributed by atoms with Crippen LogP contribution in [0.4, 0.5) is 5.95 Å². The number of aromatic nitrogens is 3. The summed E-state index contributed by atoms with van der Waals surface area (Å²) in [4.78, 5) is 43.2. The van der Waals surface area contributed by atoms with Crippen molar-refractivity contribution in [2.75, 3.05) is 19.5 Å². The molecule has 3 heterocycles. The molecule has 0 amide bonds. The zero-order valence-corrected chi connectivity index (χ0v) is 16.4. The van der Waals surface area contributed by atoms with Gasteiger partial charge in [-0.1, -0.05) is 11.3 Å². The average Bonchev–Trinajstić information content (AvgIpc) is 3.12. The Hall–Kier alpha value is -2.57. The normalized spacial score (nSPS) is 21.8. The predicted molar refractivity (Wildman–Crippen MR) is 97.5 cm³/mol.